The summed E-state index contributed by atoms with van der Waals surface area (Å²) in [6.07, 6.45) is 3.52. The number of nitrogens with zero attached hydrogens (tertiary/aromatic N) is 2. The van der Waals surface area contributed by atoms with Crippen LogP contribution in [0.3, 0.4) is 0 Å². The molecule has 0 spiro atoms. The SMILES string of the molecule is CC(C)Nc1ccccc1C(=O)N(C)Cc1cn[nH]c1. The molecule has 106 valence electrons. The fraction of sp³-hybridized carbons (Fsp3) is 0.333. The summed E-state index contributed by atoms with van der Waals surface area (Å²) in [5, 5.41) is 9.94. The van der Waals surface area contributed by atoms with Crippen LogP contribution in [0.2, 0.25) is 0 Å². The van der Waals surface area contributed by atoms with Crippen LogP contribution in [0, 0.1) is 0 Å². The third-order valence-corrected chi connectivity index (χ3v) is 2.92. The first-order chi connectivity index (χ1) is 9.58. The van der Waals surface area contributed by atoms with Crippen molar-refractivity contribution in [2.75, 3.05) is 12.4 Å². The summed E-state index contributed by atoms with van der Waals surface area (Å²) < 4.78 is 0. The number of carbonyl (C=O) groups excluding carboxylic acids is 1. The van der Waals surface area contributed by atoms with E-state index >= 15 is 0 Å². The first kappa shape index (κ1) is 14.1. The number of aromatic nitrogens is 2. The summed E-state index contributed by atoms with van der Waals surface area (Å²) in [5.41, 5.74) is 2.54. The molecule has 0 radical (unpaired) electrons. The van der Waals surface area contributed by atoms with Gasteiger partial charge in [0, 0.05) is 37.1 Å². The molecule has 5 heteroatoms. The van der Waals surface area contributed by atoms with E-state index in [1.165, 1.54) is 0 Å². The largest absolute Gasteiger partial charge is 0.382 e. The van der Waals surface area contributed by atoms with Gasteiger partial charge in [0.25, 0.3) is 5.91 Å². The zero-order valence-electron chi connectivity index (χ0n) is 12.1. The standard InChI is InChI=1S/C15H20N4O/c1-11(2)18-14-7-5-4-6-13(14)15(20)19(3)10-12-8-16-17-9-12/h4-9,11,18H,10H2,1-3H3,(H,16,17). The Bertz CT molecular complexity index is 563. The molecular weight excluding hydrogens is 252 g/mol. The Labute approximate surface area is 119 Å². The topological polar surface area (TPSA) is 61.0 Å². The van der Waals surface area contributed by atoms with Crippen molar-refractivity contribution in [1.29, 1.82) is 0 Å². The van der Waals surface area contributed by atoms with Gasteiger partial charge in [0.05, 0.1) is 11.8 Å². The van der Waals surface area contributed by atoms with Crippen molar-refractivity contribution in [3.63, 3.8) is 0 Å². The van der Waals surface area contributed by atoms with Crippen molar-refractivity contribution in [3.05, 3.63) is 47.8 Å². The van der Waals surface area contributed by atoms with E-state index in [1.54, 1.807) is 24.3 Å². The lowest BCUT2D eigenvalue weighted by Gasteiger charge is -2.20. The van der Waals surface area contributed by atoms with Crippen molar-refractivity contribution in [2.45, 2.75) is 26.4 Å². The van der Waals surface area contributed by atoms with Crippen molar-refractivity contribution in [3.8, 4) is 0 Å². The number of amides is 1. The van der Waals surface area contributed by atoms with Gasteiger partial charge in [0.1, 0.15) is 0 Å². The number of anilines is 1. The average Bonchev–Trinajstić information content (AvgIpc) is 2.90. The van der Waals surface area contributed by atoms with E-state index in [9.17, 15) is 4.79 Å². The number of benzene rings is 1. The minimum Gasteiger partial charge on any atom is -0.382 e. The molecule has 0 bridgehead atoms. The normalized spacial score (nSPS) is 10.6. The number of nitrogens with one attached hydrogen (secondary N) is 2. The number of hydrogen-bond donors (Lipinski definition) is 2. The summed E-state index contributed by atoms with van der Waals surface area (Å²) in [5.74, 6) is -0.00468. The molecule has 0 saturated heterocycles. The fourth-order valence-corrected chi connectivity index (χ4v) is 2.02. The van der Waals surface area contributed by atoms with Crippen molar-refractivity contribution < 1.29 is 4.79 Å². The van der Waals surface area contributed by atoms with Gasteiger partial charge in [-0.25, -0.2) is 0 Å². The molecule has 0 unspecified atom stereocenters. The molecule has 20 heavy (non-hydrogen) atoms. The van der Waals surface area contributed by atoms with Crippen LogP contribution in [0.4, 0.5) is 5.69 Å². The minimum absolute atomic E-state index is 0.00468. The number of aromatic amines is 1. The number of H-pyrrole nitrogens is 1. The monoisotopic (exact) mass is 272 g/mol. The summed E-state index contributed by atoms with van der Waals surface area (Å²) in [6.45, 7) is 4.64. The molecule has 0 atom stereocenters. The van der Waals surface area contributed by atoms with Crippen LogP contribution in [0.5, 0.6) is 0 Å². The minimum atomic E-state index is -0.00468. The molecule has 2 rings (SSSR count). The summed E-state index contributed by atoms with van der Waals surface area (Å²) in [4.78, 5) is 14.2. The zero-order valence-corrected chi connectivity index (χ0v) is 12.1. The van der Waals surface area contributed by atoms with Crippen LogP contribution < -0.4 is 5.32 Å². The molecule has 5 nitrogen and oxygen atoms in total. The van der Waals surface area contributed by atoms with Gasteiger partial charge in [-0.15, -0.1) is 0 Å². The lowest BCUT2D eigenvalue weighted by molar-refractivity contribution is 0.0786. The quantitative estimate of drug-likeness (QED) is 0.879. The smallest absolute Gasteiger partial charge is 0.255 e. The highest BCUT2D eigenvalue weighted by Crippen LogP contribution is 2.18. The predicted molar refractivity (Wildman–Crippen MR) is 79.6 cm³/mol. The Morgan fingerprint density at radius 3 is 2.80 bits per heavy atom. The molecule has 0 aliphatic heterocycles. The molecule has 2 aromatic rings. The maximum Gasteiger partial charge on any atom is 0.255 e. The fourth-order valence-electron chi connectivity index (χ4n) is 2.02. The predicted octanol–water partition coefficient (Wildman–Crippen LogP) is 2.50. The lowest BCUT2D eigenvalue weighted by Crippen LogP contribution is -2.27. The number of carbonyl (C=O) groups is 1. The summed E-state index contributed by atoms with van der Waals surface area (Å²) in [7, 11) is 1.79. The van der Waals surface area contributed by atoms with Gasteiger partial charge in [-0.3, -0.25) is 9.89 Å². The Morgan fingerprint density at radius 1 is 1.40 bits per heavy atom. The van der Waals surface area contributed by atoms with Gasteiger partial charge in [-0.1, -0.05) is 12.1 Å². The number of hydrogen-bond acceptors (Lipinski definition) is 3. The van der Waals surface area contributed by atoms with E-state index in [2.05, 4.69) is 29.4 Å². The molecule has 2 N–H and O–H groups in total. The Balaban J connectivity index is 2.15. The second-order valence-corrected chi connectivity index (χ2v) is 5.11. The van der Waals surface area contributed by atoms with Gasteiger partial charge in [-0.05, 0) is 26.0 Å². The van der Waals surface area contributed by atoms with E-state index < -0.39 is 0 Å². The second-order valence-electron chi connectivity index (χ2n) is 5.11. The van der Waals surface area contributed by atoms with Gasteiger partial charge in [-0.2, -0.15) is 5.10 Å². The molecule has 0 fully saturated rings. The molecule has 1 aromatic heterocycles. The van der Waals surface area contributed by atoms with Gasteiger partial charge < -0.3 is 10.2 Å². The van der Waals surface area contributed by atoms with Crippen LogP contribution in [0.1, 0.15) is 29.8 Å². The summed E-state index contributed by atoms with van der Waals surface area (Å²) >= 11 is 0. The van der Waals surface area contributed by atoms with E-state index in [0.29, 0.717) is 12.1 Å². The van der Waals surface area contributed by atoms with Crippen molar-refractivity contribution in [1.82, 2.24) is 15.1 Å². The van der Waals surface area contributed by atoms with Crippen LogP contribution in [-0.2, 0) is 6.54 Å². The molecule has 1 aromatic carbocycles. The molecular formula is C15H20N4O. The van der Waals surface area contributed by atoms with E-state index in [0.717, 1.165) is 11.3 Å². The Kier molecular flexibility index (Phi) is 4.40. The first-order valence-corrected chi connectivity index (χ1v) is 6.66. The first-order valence-electron chi connectivity index (χ1n) is 6.66. The van der Waals surface area contributed by atoms with Crippen LogP contribution >= 0.6 is 0 Å². The third-order valence-electron chi connectivity index (χ3n) is 2.92. The molecule has 0 aliphatic carbocycles. The molecule has 1 heterocycles. The number of para-hydroxylation sites is 1. The Hall–Kier alpha value is -2.30. The molecule has 0 aliphatic rings. The van der Waals surface area contributed by atoms with Crippen LogP contribution in [0.25, 0.3) is 0 Å². The van der Waals surface area contributed by atoms with E-state index in [-0.39, 0.29) is 11.9 Å². The van der Waals surface area contributed by atoms with Gasteiger partial charge in [0.2, 0.25) is 0 Å². The maximum atomic E-state index is 12.5. The highest BCUT2D eigenvalue weighted by atomic mass is 16.2. The molecule has 1 amide bonds. The zero-order chi connectivity index (χ0) is 14.5. The number of rotatable bonds is 5. The van der Waals surface area contributed by atoms with Crippen molar-refractivity contribution in [2.24, 2.45) is 0 Å². The van der Waals surface area contributed by atoms with Gasteiger partial charge in [0.15, 0.2) is 0 Å². The van der Waals surface area contributed by atoms with Crippen LogP contribution in [-0.4, -0.2) is 34.1 Å². The third kappa shape index (κ3) is 3.38. The maximum absolute atomic E-state index is 12.5. The van der Waals surface area contributed by atoms with E-state index in [1.807, 2.05) is 24.3 Å². The highest BCUT2D eigenvalue weighted by Gasteiger charge is 2.16. The van der Waals surface area contributed by atoms with E-state index in [4.69, 9.17) is 0 Å². The van der Waals surface area contributed by atoms with Crippen molar-refractivity contribution >= 4 is 11.6 Å². The average molecular weight is 272 g/mol. The molecule has 0 saturated carbocycles. The van der Waals surface area contributed by atoms with Gasteiger partial charge >= 0.3 is 0 Å². The highest BCUT2D eigenvalue weighted by molar-refractivity contribution is 5.99. The second kappa shape index (κ2) is 6.23. The Morgan fingerprint density at radius 2 is 2.15 bits per heavy atom. The lowest BCUT2D eigenvalue weighted by atomic mass is 10.1. The summed E-state index contributed by atoms with van der Waals surface area (Å²) in [6, 6.07) is 7.86. The van der Waals surface area contributed by atoms with Crippen LogP contribution in [0.15, 0.2) is 36.7 Å².